The number of hydrogen-bond acceptors (Lipinski definition) is 2. The quantitative estimate of drug-likeness (QED) is 0.399. The predicted molar refractivity (Wildman–Crippen MR) is 139 cm³/mol. The second-order valence-electron chi connectivity index (χ2n) is 8.04. The lowest BCUT2D eigenvalue weighted by molar-refractivity contribution is -0.00000588. The molecule has 0 aromatic heterocycles. The molecule has 0 N–H and O–H groups in total. The minimum atomic E-state index is -1.67. The molecule has 5 heteroatoms. The summed E-state index contributed by atoms with van der Waals surface area (Å²) in [5, 5.41) is 4.49. The van der Waals surface area contributed by atoms with E-state index in [0.717, 1.165) is 0 Å². The Morgan fingerprint density at radius 3 is 1.42 bits per heavy atom. The Labute approximate surface area is 209 Å². The maximum absolute atomic E-state index is 2.65. The Bertz CT molecular complexity index is 773. The van der Waals surface area contributed by atoms with Crippen molar-refractivity contribution in [2.24, 2.45) is 0 Å². The van der Waals surface area contributed by atoms with Crippen molar-refractivity contribution in [3.05, 3.63) is 91.0 Å². The van der Waals surface area contributed by atoms with Gasteiger partial charge in [0.15, 0.2) is 0 Å². The first-order chi connectivity index (χ1) is 14.3. The number of nitrogens with zero attached hydrogens (tertiary/aromatic N) is 2. The van der Waals surface area contributed by atoms with E-state index in [-0.39, 0.29) is 34.0 Å². The lowest BCUT2D eigenvalue weighted by Crippen LogP contribution is -3.00. The van der Waals surface area contributed by atoms with E-state index in [9.17, 15) is 0 Å². The van der Waals surface area contributed by atoms with Crippen LogP contribution in [0, 0.1) is 0 Å². The van der Waals surface area contributed by atoms with Crippen molar-refractivity contribution >= 4 is 40.2 Å². The van der Waals surface area contributed by atoms with E-state index in [1.54, 1.807) is 0 Å². The molecule has 0 spiro atoms. The van der Waals surface area contributed by atoms with Crippen LogP contribution in [0.15, 0.2) is 91.0 Å². The van der Waals surface area contributed by atoms with Gasteiger partial charge in [0.2, 0.25) is 0 Å². The highest BCUT2D eigenvalue weighted by Gasteiger charge is 2.44. The minimum Gasteiger partial charge on any atom is -1.00 e. The van der Waals surface area contributed by atoms with Crippen molar-refractivity contribution in [3.8, 4) is 0 Å². The molecule has 3 aromatic carbocycles. The molecule has 1 aliphatic rings. The van der Waals surface area contributed by atoms with Crippen LogP contribution in [0.4, 0.5) is 0 Å². The van der Waals surface area contributed by atoms with E-state index in [1.807, 2.05) is 0 Å². The molecular formula is C26H33Br2N2P. The summed E-state index contributed by atoms with van der Waals surface area (Å²) in [6, 6.07) is 33.7. The molecule has 1 heterocycles. The van der Waals surface area contributed by atoms with Crippen LogP contribution in [0.5, 0.6) is 0 Å². The van der Waals surface area contributed by atoms with Gasteiger partial charge in [-0.15, -0.1) is 17.0 Å². The van der Waals surface area contributed by atoms with Gasteiger partial charge in [0, 0.05) is 32.7 Å². The standard InChI is InChI=1S/C26H32N2P.2BrH/c1-27-19-21-28(22-20-27)18-11-23-29(24-12-5-2-6-13-24,25-14-7-3-8-15-25)26-16-9-4-10-17-26;;/h2-10,12-17H,11,18-23H2,1H3;2*1H/q+1;;/p-1. The molecule has 0 atom stereocenters. The van der Waals surface area contributed by atoms with Gasteiger partial charge in [0.25, 0.3) is 0 Å². The van der Waals surface area contributed by atoms with E-state index >= 15 is 0 Å². The van der Waals surface area contributed by atoms with Crippen molar-refractivity contribution in [1.82, 2.24) is 9.80 Å². The fourth-order valence-corrected chi connectivity index (χ4v) is 8.81. The molecule has 2 nitrogen and oxygen atoms in total. The number of rotatable bonds is 7. The zero-order valence-electron chi connectivity index (χ0n) is 18.2. The first kappa shape index (κ1) is 26.2. The molecule has 0 unspecified atom stereocenters. The van der Waals surface area contributed by atoms with Crippen molar-refractivity contribution in [3.63, 3.8) is 0 Å². The maximum atomic E-state index is 2.65. The van der Waals surface area contributed by atoms with Crippen LogP contribution in [0.1, 0.15) is 6.42 Å². The topological polar surface area (TPSA) is 6.48 Å². The fraction of sp³-hybridized carbons (Fsp3) is 0.308. The monoisotopic (exact) mass is 562 g/mol. The van der Waals surface area contributed by atoms with Crippen molar-refractivity contribution < 1.29 is 17.0 Å². The molecule has 4 rings (SSSR count). The average Bonchev–Trinajstić information content (AvgIpc) is 2.80. The summed E-state index contributed by atoms with van der Waals surface area (Å²) in [6.45, 7) is 5.97. The highest BCUT2D eigenvalue weighted by molar-refractivity contribution is 8.93. The summed E-state index contributed by atoms with van der Waals surface area (Å²) in [5.41, 5.74) is 0. The molecule has 3 aromatic rings. The van der Waals surface area contributed by atoms with Crippen LogP contribution in [0.25, 0.3) is 0 Å². The largest absolute Gasteiger partial charge is 1.00 e. The second-order valence-corrected chi connectivity index (χ2v) is 11.7. The second kappa shape index (κ2) is 12.9. The maximum Gasteiger partial charge on any atom is 0.112 e. The Hall–Kier alpha value is -1.03. The van der Waals surface area contributed by atoms with Gasteiger partial charge in [-0.2, -0.15) is 0 Å². The zero-order chi connectivity index (χ0) is 19.9. The molecule has 1 aliphatic heterocycles. The highest BCUT2D eigenvalue weighted by Crippen LogP contribution is 2.55. The van der Waals surface area contributed by atoms with Gasteiger partial charge >= 0.3 is 0 Å². The SMILES string of the molecule is Br.CN1CCN(CCC[P+](c2ccccc2)(c2ccccc2)c2ccccc2)CC1.[Br-]. The van der Waals surface area contributed by atoms with Crippen LogP contribution in [0.2, 0.25) is 0 Å². The Kier molecular flexibility index (Phi) is 10.9. The predicted octanol–water partition coefficient (Wildman–Crippen LogP) is 1.20. The van der Waals surface area contributed by atoms with E-state index in [1.165, 1.54) is 61.2 Å². The molecule has 0 radical (unpaired) electrons. The summed E-state index contributed by atoms with van der Waals surface area (Å²) < 4.78 is 0. The van der Waals surface area contributed by atoms with Crippen LogP contribution in [0.3, 0.4) is 0 Å². The van der Waals surface area contributed by atoms with Crippen molar-refractivity contribution in [2.45, 2.75) is 6.42 Å². The third kappa shape index (κ3) is 6.27. The van der Waals surface area contributed by atoms with Crippen LogP contribution in [-0.4, -0.2) is 55.7 Å². The van der Waals surface area contributed by atoms with Crippen molar-refractivity contribution in [1.29, 1.82) is 0 Å². The minimum absolute atomic E-state index is 0. The van der Waals surface area contributed by atoms with E-state index in [4.69, 9.17) is 0 Å². The number of piperazine rings is 1. The van der Waals surface area contributed by atoms with Gasteiger partial charge in [-0.25, -0.2) is 0 Å². The third-order valence-corrected chi connectivity index (χ3v) is 10.7. The molecule has 1 fully saturated rings. The summed E-state index contributed by atoms with van der Waals surface area (Å²) in [6.07, 6.45) is 2.45. The molecule has 31 heavy (non-hydrogen) atoms. The van der Waals surface area contributed by atoms with Crippen LogP contribution < -0.4 is 32.9 Å². The molecule has 166 valence electrons. The van der Waals surface area contributed by atoms with Gasteiger partial charge in [0.05, 0.1) is 6.16 Å². The summed E-state index contributed by atoms with van der Waals surface area (Å²) in [7, 11) is 0.560. The molecule has 0 bridgehead atoms. The third-order valence-electron chi connectivity index (χ3n) is 6.15. The molecule has 0 saturated carbocycles. The van der Waals surface area contributed by atoms with Gasteiger partial charge in [-0.3, -0.25) is 0 Å². The Balaban J connectivity index is 0.00000171. The number of halogens is 2. The van der Waals surface area contributed by atoms with Crippen LogP contribution in [-0.2, 0) is 0 Å². The molecular weight excluding hydrogens is 531 g/mol. The molecule has 0 amide bonds. The first-order valence-electron chi connectivity index (χ1n) is 10.7. The average molecular weight is 564 g/mol. The van der Waals surface area contributed by atoms with E-state index < -0.39 is 7.26 Å². The van der Waals surface area contributed by atoms with Crippen molar-refractivity contribution in [2.75, 3.05) is 45.9 Å². The highest BCUT2D eigenvalue weighted by atomic mass is 79.9. The lowest BCUT2D eigenvalue weighted by Gasteiger charge is -2.33. The van der Waals surface area contributed by atoms with Gasteiger partial charge in [-0.1, -0.05) is 54.6 Å². The summed E-state index contributed by atoms with van der Waals surface area (Å²) in [5.74, 6) is 0. The Morgan fingerprint density at radius 2 is 1.03 bits per heavy atom. The summed E-state index contributed by atoms with van der Waals surface area (Å²) in [4.78, 5) is 5.08. The number of benzene rings is 3. The van der Waals surface area contributed by atoms with Gasteiger partial charge in [-0.05, 0) is 49.9 Å². The zero-order valence-corrected chi connectivity index (χ0v) is 22.4. The molecule has 0 aliphatic carbocycles. The fourth-order valence-electron chi connectivity index (χ4n) is 4.48. The van der Waals surface area contributed by atoms with E-state index in [2.05, 4.69) is 108 Å². The normalized spacial score (nSPS) is 15.0. The van der Waals surface area contributed by atoms with Crippen LogP contribution >= 0.6 is 24.2 Å². The number of hydrogen-bond donors (Lipinski definition) is 0. The smallest absolute Gasteiger partial charge is 0.112 e. The lowest BCUT2D eigenvalue weighted by atomic mass is 10.3. The van der Waals surface area contributed by atoms with E-state index in [0.29, 0.717) is 0 Å². The first-order valence-corrected chi connectivity index (χ1v) is 12.7. The number of likely N-dealkylation sites (N-methyl/N-ethyl adjacent to an activating group) is 1. The van der Waals surface area contributed by atoms with Gasteiger partial charge < -0.3 is 26.8 Å². The Morgan fingerprint density at radius 1 is 0.645 bits per heavy atom. The molecule has 1 saturated heterocycles. The summed E-state index contributed by atoms with van der Waals surface area (Å²) >= 11 is 0. The van der Waals surface area contributed by atoms with Gasteiger partial charge in [0.1, 0.15) is 23.2 Å².